The molecule has 2 saturated heterocycles. The molecule has 0 aliphatic carbocycles. The molecule has 23 heavy (non-hydrogen) atoms. The molecule has 1 aromatic rings. The van der Waals surface area contributed by atoms with Crippen LogP contribution in [0.1, 0.15) is 44.1 Å². The third kappa shape index (κ3) is 3.82. The van der Waals surface area contributed by atoms with Gasteiger partial charge in [-0.25, -0.2) is 4.98 Å². The standard InChI is InChI=1S/C17H27N3O3/c1-13-18-14(11-15(21)19-13)16(2)3-7-20(8-4-16)12-17(22)5-9-23-10-6-17/h11,22H,3-10,12H2,1-2H3,(H,18,19,21). The van der Waals surface area contributed by atoms with Gasteiger partial charge in [0, 0.05) is 44.1 Å². The number of likely N-dealkylation sites (tertiary alicyclic amines) is 1. The lowest BCUT2D eigenvalue weighted by Crippen LogP contribution is -2.51. The average molecular weight is 321 g/mol. The van der Waals surface area contributed by atoms with Crippen LogP contribution in [0.3, 0.4) is 0 Å². The van der Waals surface area contributed by atoms with E-state index in [4.69, 9.17) is 4.74 Å². The van der Waals surface area contributed by atoms with Crippen molar-refractivity contribution in [3.8, 4) is 0 Å². The van der Waals surface area contributed by atoms with Crippen molar-refractivity contribution in [3.63, 3.8) is 0 Å². The van der Waals surface area contributed by atoms with E-state index in [2.05, 4.69) is 21.8 Å². The number of ether oxygens (including phenoxy) is 1. The van der Waals surface area contributed by atoms with Crippen molar-refractivity contribution in [3.05, 3.63) is 27.9 Å². The van der Waals surface area contributed by atoms with Crippen molar-refractivity contribution < 1.29 is 9.84 Å². The second kappa shape index (κ2) is 6.34. The Hall–Kier alpha value is -1.24. The maximum Gasteiger partial charge on any atom is 0.251 e. The van der Waals surface area contributed by atoms with E-state index in [9.17, 15) is 9.90 Å². The van der Waals surface area contributed by atoms with Gasteiger partial charge in [-0.05, 0) is 32.9 Å². The lowest BCUT2D eigenvalue weighted by molar-refractivity contribution is -0.0835. The molecule has 0 radical (unpaired) electrons. The van der Waals surface area contributed by atoms with Crippen molar-refractivity contribution in [2.75, 3.05) is 32.8 Å². The first-order chi connectivity index (χ1) is 10.9. The molecular formula is C17H27N3O3. The molecule has 0 atom stereocenters. The van der Waals surface area contributed by atoms with E-state index in [-0.39, 0.29) is 11.0 Å². The van der Waals surface area contributed by atoms with Crippen LogP contribution >= 0.6 is 0 Å². The zero-order valence-electron chi connectivity index (χ0n) is 14.1. The number of rotatable bonds is 3. The Balaban J connectivity index is 1.64. The second-order valence-corrected chi connectivity index (χ2v) is 7.39. The Morgan fingerprint density at radius 3 is 2.57 bits per heavy atom. The zero-order valence-corrected chi connectivity index (χ0v) is 14.1. The van der Waals surface area contributed by atoms with Crippen LogP contribution in [0.25, 0.3) is 0 Å². The van der Waals surface area contributed by atoms with Gasteiger partial charge in [0.25, 0.3) is 5.56 Å². The number of aromatic nitrogens is 2. The maximum absolute atomic E-state index is 11.7. The third-order valence-electron chi connectivity index (χ3n) is 5.38. The van der Waals surface area contributed by atoms with Gasteiger partial charge in [0.1, 0.15) is 5.82 Å². The number of hydrogen-bond acceptors (Lipinski definition) is 5. The summed E-state index contributed by atoms with van der Waals surface area (Å²) in [7, 11) is 0. The van der Waals surface area contributed by atoms with Crippen molar-refractivity contribution in [1.29, 1.82) is 0 Å². The molecule has 2 N–H and O–H groups in total. The summed E-state index contributed by atoms with van der Waals surface area (Å²) in [5, 5.41) is 10.7. The van der Waals surface area contributed by atoms with Crippen LogP contribution in [0.2, 0.25) is 0 Å². The number of β-amino-alcohol motifs (C(OH)–C–C–N with tert-alkyl or cyclic N) is 1. The fraction of sp³-hybridized carbons (Fsp3) is 0.765. The van der Waals surface area contributed by atoms with Crippen molar-refractivity contribution >= 4 is 0 Å². The minimum atomic E-state index is -0.606. The Morgan fingerprint density at radius 2 is 1.96 bits per heavy atom. The molecule has 0 amide bonds. The lowest BCUT2D eigenvalue weighted by Gasteiger charge is -2.43. The molecule has 3 heterocycles. The molecule has 1 aromatic heterocycles. The average Bonchev–Trinajstić information content (AvgIpc) is 2.49. The smallest absolute Gasteiger partial charge is 0.251 e. The van der Waals surface area contributed by atoms with Gasteiger partial charge in [-0.15, -0.1) is 0 Å². The Morgan fingerprint density at radius 1 is 1.30 bits per heavy atom. The summed E-state index contributed by atoms with van der Waals surface area (Å²) >= 11 is 0. The largest absolute Gasteiger partial charge is 0.388 e. The van der Waals surface area contributed by atoms with Crippen LogP contribution in [0.15, 0.2) is 10.9 Å². The molecule has 0 aromatic carbocycles. The molecule has 0 spiro atoms. The normalized spacial score (nSPS) is 24.5. The molecule has 2 aliphatic rings. The van der Waals surface area contributed by atoms with Crippen LogP contribution in [0, 0.1) is 6.92 Å². The predicted molar refractivity (Wildman–Crippen MR) is 87.6 cm³/mol. The topological polar surface area (TPSA) is 78.5 Å². The summed E-state index contributed by atoms with van der Waals surface area (Å²) in [6.07, 6.45) is 3.34. The van der Waals surface area contributed by atoms with Crippen molar-refractivity contribution in [1.82, 2.24) is 14.9 Å². The number of nitrogens with one attached hydrogen (secondary N) is 1. The van der Waals surface area contributed by atoms with Crippen molar-refractivity contribution in [2.24, 2.45) is 0 Å². The minimum Gasteiger partial charge on any atom is -0.388 e. The molecule has 6 nitrogen and oxygen atoms in total. The van der Waals surface area contributed by atoms with E-state index < -0.39 is 5.60 Å². The van der Waals surface area contributed by atoms with Gasteiger partial charge >= 0.3 is 0 Å². The van der Waals surface area contributed by atoms with Gasteiger partial charge in [-0.3, -0.25) is 4.79 Å². The Kier molecular flexibility index (Phi) is 4.58. The molecule has 3 rings (SSSR count). The molecule has 6 heteroatoms. The van der Waals surface area contributed by atoms with E-state index in [0.717, 1.165) is 44.5 Å². The first kappa shape index (κ1) is 16.6. The summed E-state index contributed by atoms with van der Waals surface area (Å²) in [4.78, 5) is 21.3. The molecule has 128 valence electrons. The van der Waals surface area contributed by atoms with Gasteiger partial charge in [0.05, 0.1) is 11.3 Å². The number of hydrogen-bond donors (Lipinski definition) is 2. The van der Waals surface area contributed by atoms with Crippen molar-refractivity contribution in [2.45, 2.75) is 50.5 Å². The summed E-state index contributed by atoms with van der Waals surface area (Å²) in [6, 6.07) is 1.63. The van der Waals surface area contributed by atoms with E-state index in [1.807, 2.05) is 6.92 Å². The number of piperidine rings is 1. The van der Waals surface area contributed by atoms with E-state index in [0.29, 0.717) is 25.6 Å². The molecule has 0 unspecified atom stereocenters. The zero-order chi connectivity index (χ0) is 16.5. The SMILES string of the molecule is Cc1nc(C2(C)CCN(CC3(O)CCOCC3)CC2)cc(=O)[nH]1. The monoisotopic (exact) mass is 321 g/mol. The molecule has 2 aliphatic heterocycles. The highest BCUT2D eigenvalue weighted by molar-refractivity contribution is 5.16. The van der Waals surface area contributed by atoms with Gasteiger partial charge < -0.3 is 19.7 Å². The summed E-state index contributed by atoms with van der Waals surface area (Å²) in [5.74, 6) is 0.674. The molecule has 0 saturated carbocycles. The van der Waals surface area contributed by atoms with E-state index >= 15 is 0 Å². The van der Waals surface area contributed by atoms with Crippen LogP contribution in [-0.4, -0.2) is 58.4 Å². The third-order valence-corrected chi connectivity index (χ3v) is 5.38. The predicted octanol–water partition coefficient (Wildman–Crippen LogP) is 0.973. The lowest BCUT2D eigenvalue weighted by atomic mass is 9.77. The summed E-state index contributed by atoms with van der Waals surface area (Å²) in [6.45, 7) is 7.88. The highest BCUT2D eigenvalue weighted by atomic mass is 16.5. The highest BCUT2D eigenvalue weighted by Crippen LogP contribution is 2.34. The van der Waals surface area contributed by atoms with Crippen LogP contribution in [0.4, 0.5) is 0 Å². The highest BCUT2D eigenvalue weighted by Gasteiger charge is 2.37. The van der Waals surface area contributed by atoms with Gasteiger partial charge in [0.2, 0.25) is 0 Å². The van der Waals surface area contributed by atoms with Gasteiger partial charge in [-0.1, -0.05) is 6.92 Å². The number of aromatic amines is 1. The van der Waals surface area contributed by atoms with Crippen LogP contribution < -0.4 is 5.56 Å². The fourth-order valence-corrected chi connectivity index (χ4v) is 3.68. The Labute approximate surface area is 136 Å². The second-order valence-electron chi connectivity index (χ2n) is 7.39. The number of H-pyrrole nitrogens is 1. The van der Waals surface area contributed by atoms with E-state index in [1.54, 1.807) is 6.07 Å². The number of aryl methyl sites for hydroxylation is 1. The fourth-order valence-electron chi connectivity index (χ4n) is 3.68. The first-order valence-corrected chi connectivity index (χ1v) is 8.50. The number of nitrogens with zero attached hydrogens (tertiary/aromatic N) is 2. The molecule has 0 bridgehead atoms. The maximum atomic E-state index is 11.7. The van der Waals surface area contributed by atoms with Gasteiger partial charge in [0.15, 0.2) is 0 Å². The Bertz CT molecular complexity index is 599. The van der Waals surface area contributed by atoms with Gasteiger partial charge in [-0.2, -0.15) is 0 Å². The first-order valence-electron chi connectivity index (χ1n) is 8.50. The quantitative estimate of drug-likeness (QED) is 0.867. The van der Waals surface area contributed by atoms with Crippen LogP contribution in [0.5, 0.6) is 0 Å². The minimum absolute atomic E-state index is 0.0617. The summed E-state index contributed by atoms with van der Waals surface area (Å²) in [5.41, 5.74) is 0.147. The molecule has 2 fully saturated rings. The molecular weight excluding hydrogens is 294 g/mol. The van der Waals surface area contributed by atoms with Crippen LogP contribution in [-0.2, 0) is 10.2 Å². The van der Waals surface area contributed by atoms with E-state index in [1.165, 1.54) is 0 Å². The number of aliphatic hydroxyl groups is 1. The summed E-state index contributed by atoms with van der Waals surface area (Å²) < 4.78 is 5.35.